The molecule has 2 N–H and O–H groups in total. The van der Waals surface area contributed by atoms with E-state index in [0.717, 1.165) is 0 Å². The molecule has 7 heteroatoms. The molecule has 0 aromatic heterocycles. The third-order valence-corrected chi connectivity index (χ3v) is 3.82. The fraction of sp³-hybridized carbons (Fsp3) is 0.176. The average molecular weight is 367 g/mol. The molecule has 0 unspecified atom stereocenters. The fourth-order valence-corrected chi connectivity index (χ4v) is 2.28. The lowest BCUT2D eigenvalue weighted by Gasteiger charge is -2.10. The number of ether oxygens (including phenoxy) is 1. The Labute approximate surface area is 149 Å². The first-order chi connectivity index (χ1) is 11.5. The molecule has 2 rings (SSSR count). The quantitative estimate of drug-likeness (QED) is 0.817. The van der Waals surface area contributed by atoms with Crippen LogP contribution in [0.2, 0.25) is 10.0 Å². The van der Waals surface area contributed by atoms with Gasteiger partial charge in [0, 0.05) is 17.8 Å². The minimum absolute atomic E-state index is 0.199. The summed E-state index contributed by atoms with van der Waals surface area (Å²) >= 11 is 11.9. The Hall–Kier alpha value is -2.24. The summed E-state index contributed by atoms with van der Waals surface area (Å²) in [5.74, 6) is -0.245. The van der Waals surface area contributed by atoms with Gasteiger partial charge in [0.25, 0.3) is 11.8 Å². The van der Waals surface area contributed by atoms with Gasteiger partial charge in [-0.05, 0) is 37.3 Å². The number of anilines is 1. The van der Waals surface area contributed by atoms with Crippen LogP contribution in [-0.4, -0.2) is 25.0 Å². The van der Waals surface area contributed by atoms with Crippen molar-refractivity contribution in [2.24, 2.45) is 0 Å². The number of hydrogen-bond donors (Lipinski definition) is 2. The summed E-state index contributed by atoms with van der Waals surface area (Å²) in [6.07, 6.45) is 0. The van der Waals surface area contributed by atoms with Crippen LogP contribution in [0.15, 0.2) is 42.5 Å². The molecule has 5 nitrogen and oxygen atoms in total. The monoisotopic (exact) mass is 366 g/mol. The number of carbonyl (C=O) groups is 2. The summed E-state index contributed by atoms with van der Waals surface area (Å²) in [5, 5.41) is 5.97. The standard InChI is InChI=1S/C17H16Cl2N2O3/c1-2-20-17(23)11-5-3-6-12(9-11)21-15(22)10-24-14-8-4-7-13(18)16(14)19/h3-9H,2,10H2,1H3,(H,20,23)(H,21,22). The van der Waals surface area contributed by atoms with Gasteiger partial charge in [-0.1, -0.05) is 35.3 Å². The van der Waals surface area contributed by atoms with Crippen molar-refractivity contribution in [2.75, 3.05) is 18.5 Å². The maximum atomic E-state index is 12.0. The zero-order valence-corrected chi connectivity index (χ0v) is 14.4. The highest BCUT2D eigenvalue weighted by molar-refractivity contribution is 6.42. The lowest BCUT2D eigenvalue weighted by molar-refractivity contribution is -0.118. The van der Waals surface area contributed by atoms with Crippen LogP contribution in [0.4, 0.5) is 5.69 Å². The molecule has 126 valence electrons. The Morgan fingerprint density at radius 3 is 2.62 bits per heavy atom. The lowest BCUT2D eigenvalue weighted by Crippen LogP contribution is -2.23. The second kappa shape index (κ2) is 8.57. The van der Waals surface area contributed by atoms with E-state index in [0.29, 0.717) is 28.6 Å². The highest BCUT2D eigenvalue weighted by atomic mass is 35.5. The zero-order valence-electron chi connectivity index (χ0n) is 12.9. The van der Waals surface area contributed by atoms with E-state index in [-0.39, 0.29) is 23.4 Å². The Morgan fingerprint density at radius 1 is 1.12 bits per heavy atom. The zero-order chi connectivity index (χ0) is 17.5. The second-order valence-electron chi connectivity index (χ2n) is 4.83. The van der Waals surface area contributed by atoms with Gasteiger partial charge in [0.05, 0.1) is 5.02 Å². The molecule has 0 spiro atoms. The van der Waals surface area contributed by atoms with Crippen molar-refractivity contribution in [1.82, 2.24) is 5.32 Å². The molecule has 0 aliphatic rings. The number of nitrogens with one attached hydrogen (secondary N) is 2. The lowest BCUT2D eigenvalue weighted by atomic mass is 10.2. The maximum Gasteiger partial charge on any atom is 0.262 e. The molecule has 24 heavy (non-hydrogen) atoms. The molecule has 0 saturated heterocycles. The first kappa shape index (κ1) is 18.1. The molecule has 0 heterocycles. The van der Waals surface area contributed by atoms with E-state index in [9.17, 15) is 9.59 Å². The Bertz CT molecular complexity index is 750. The molecule has 0 saturated carbocycles. The molecule has 0 bridgehead atoms. The van der Waals surface area contributed by atoms with E-state index in [1.54, 1.807) is 42.5 Å². The summed E-state index contributed by atoms with van der Waals surface area (Å²) in [4.78, 5) is 23.8. The van der Waals surface area contributed by atoms with Gasteiger partial charge in [0.2, 0.25) is 0 Å². The van der Waals surface area contributed by atoms with E-state index in [2.05, 4.69) is 10.6 Å². The Kier molecular flexibility index (Phi) is 6.46. The van der Waals surface area contributed by atoms with Crippen LogP contribution in [0.25, 0.3) is 0 Å². The minimum Gasteiger partial charge on any atom is -0.482 e. The summed E-state index contributed by atoms with van der Waals surface area (Å²) in [7, 11) is 0. The first-order valence-electron chi connectivity index (χ1n) is 7.26. The minimum atomic E-state index is -0.376. The molecular formula is C17H16Cl2N2O3. The van der Waals surface area contributed by atoms with Crippen molar-refractivity contribution < 1.29 is 14.3 Å². The summed E-state index contributed by atoms with van der Waals surface area (Å²) in [5.41, 5.74) is 0.970. The van der Waals surface area contributed by atoms with Gasteiger partial charge in [-0.15, -0.1) is 0 Å². The predicted molar refractivity (Wildman–Crippen MR) is 95.0 cm³/mol. The van der Waals surface area contributed by atoms with Crippen LogP contribution < -0.4 is 15.4 Å². The number of halogens is 2. The fourth-order valence-electron chi connectivity index (χ4n) is 1.94. The first-order valence-corrected chi connectivity index (χ1v) is 8.01. The van der Waals surface area contributed by atoms with Gasteiger partial charge >= 0.3 is 0 Å². The van der Waals surface area contributed by atoms with E-state index in [1.165, 1.54) is 0 Å². The van der Waals surface area contributed by atoms with Crippen LogP contribution in [0, 0.1) is 0 Å². The van der Waals surface area contributed by atoms with Gasteiger partial charge in [-0.3, -0.25) is 9.59 Å². The third kappa shape index (κ3) is 4.88. The summed E-state index contributed by atoms with van der Waals surface area (Å²) < 4.78 is 5.36. The van der Waals surface area contributed by atoms with Crippen molar-refractivity contribution in [3.63, 3.8) is 0 Å². The van der Waals surface area contributed by atoms with Gasteiger partial charge < -0.3 is 15.4 Å². The van der Waals surface area contributed by atoms with Gasteiger partial charge in [-0.25, -0.2) is 0 Å². The van der Waals surface area contributed by atoms with Crippen molar-refractivity contribution in [2.45, 2.75) is 6.92 Å². The molecule has 0 atom stereocenters. The molecule has 0 fully saturated rings. The van der Waals surface area contributed by atoms with Gasteiger partial charge in [-0.2, -0.15) is 0 Å². The van der Waals surface area contributed by atoms with Crippen LogP contribution >= 0.6 is 23.2 Å². The third-order valence-electron chi connectivity index (χ3n) is 3.02. The predicted octanol–water partition coefficient (Wildman–Crippen LogP) is 3.76. The van der Waals surface area contributed by atoms with Crippen LogP contribution in [0.1, 0.15) is 17.3 Å². The van der Waals surface area contributed by atoms with Crippen molar-refractivity contribution in [3.8, 4) is 5.75 Å². The highest BCUT2D eigenvalue weighted by Gasteiger charge is 2.10. The normalized spacial score (nSPS) is 10.1. The topological polar surface area (TPSA) is 67.4 Å². The van der Waals surface area contributed by atoms with Crippen molar-refractivity contribution in [3.05, 3.63) is 58.1 Å². The largest absolute Gasteiger partial charge is 0.482 e. The SMILES string of the molecule is CCNC(=O)c1cccc(NC(=O)COc2cccc(Cl)c2Cl)c1. The number of carbonyl (C=O) groups excluding carboxylic acids is 2. The molecule has 0 aliphatic carbocycles. The number of amides is 2. The number of rotatable bonds is 6. The molecule has 0 aliphatic heterocycles. The van der Waals surface area contributed by atoms with Gasteiger partial charge in [0.1, 0.15) is 10.8 Å². The summed E-state index contributed by atoms with van der Waals surface area (Å²) in [6.45, 7) is 2.14. The van der Waals surface area contributed by atoms with Crippen LogP contribution in [0.3, 0.4) is 0 Å². The van der Waals surface area contributed by atoms with Gasteiger partial charge in [0.15, 0.2) is 6.61 Å². The molecule has 2 amide bonds. The summed E-state index contributed by atoms with van der Waals surface area (Å²) in [6, 6.07) is 11.6. The van der Waals surface area contributed by atoms with E-state index >= 15 is 0 Å². The van der Waals surface area contributed by atoms with E-state index in [1.807, 2.05) is 6.92 Å². The second-order valence-corrected chi connectivity index (χ2v) is 5.61. The van der Waals surface area contributed by atoms with Crippen LogP contribution in [0.5, 0.6) is 5.75 Å². The number of benzene rings is 2. The van der Waals surface area contributed by atoms with Crippen molar-refractivity contribution >= 4 is 40.7 Å². The van der Waals surface area contributed by atoms with E-state index < -0.39 is 0 Å². The molecule has 2 aromatic rings. The average Bonchev–Trinajstić information content (AvgIpc) is 2.56. The molecule has 0 radical (unpaired) electrons. The Balaban J connectivity index is 1.96. The maximum absolute atomic E-state index is 12.0. The smallest absolute Gasteiger partial charge is 0.262 e. The Morgan fingerprint density at radius 2 is 1.88 bits per heavy atom. The van der Waals surface area contributed by atoms with E-state index in [4.69, 9.17) is 27.9 Å². The molecular weight excluding hydrogens is 351 g/mol. The molecule has 2 aromatic carbocycles. The number of hydrogen-bond acceptors (Lipinski definition) is 3. The highest BCUT2D eigenvalue weighted by Crippen LogP contribution is 2.31. The van der Waals surface area contributed by atoms with Crippen molar-refractivity contribution in [1.29, 1.82) is 0 Å². The van der Waals surface area contributed by atoms with Crippen LogP contribution in [-0.2, 0) is 4.79 Å².